The van der Waals surface area contributed by atoms with Crippen molar-refractivity contribution in [1.82, 2.24) is 10.2 Å². The summed E-state index contributed by atoms with van der Waals surface area (Å²) in [6.07, 6.45) is 0. The number of hydrogen-bond acceptors (Lipinski definition) is 2. The van der Waals surface area contributed by atoms with Crippen molar-refractivity contribution in [2.45, 2.75) is 19.5 Å². The third kappa shape index (κ3) is 3.31. The van der Waals surface area contributed by atoms with Gasteiger partial charge < -0.3 is 10.2 Å². The van der Waals surface area contributed by atoms with Crippen LogP contribution in [0.15, 0.2) is 24.3 Å². The molecule has 88 valence electrons. The summed E-state index contributed by atoms with van der Waals surface area (Å²) in [5, 5.41) is 2.99. The Morgan fingerprint density at radius 1 is 1.44 bits per heavy atom. The molecule has 1 unspecified atom stereocenters. The summed E-state index contributed by atoms with van der Waals surface area (Å²) in [6, 6.07) is 6.23. The van der Waals surface area contributed by atoms with Crippen LogP contribution in [0.5, 0.6) is 0 Å². The quantitative estimate of drug-likeness (QED) is 0.838. The lowest BCUT2D eigenvalue weighted by molar-refractivity contribution is -0.130. The third-order valence-electron chi connectivity index (χ3n) is 2.37. The van der Waals surface area contributed by atoms with Crippen LogP contribution in [0.3, 0.4) is 0 Å². The number of nitrogens with zero attached hydrogens (tertiary/aromatic N) is 1. The molecule has 1 amide bonds. The molecule has 0 saturated heterocycles. The first-order chi connectivity index (χ1) is 7.52. The summed E-state index contributed by atoms with van der Waals surface area (Å²) in [6.45, 7) is 2.12. The highest BCUT2D eigenvalue weighted by Gasteiger charge is 2.14. The van der Waals surface area contributed by atoms with Crippen LogP contribution in [0.1, 0.15) is 12.5 Å². The Kier molecular flexibility index (Phi) is 4.43. The van der Waals surface area contributed by atoms with Crippen LogP contribution < -0.4 is 5.32 Å². The van der Waals surface area contributed by atoms with Crippen molar-refractivity contribution in [2.24, 2.45) is 0 Å². The van der Waals surface area contributed by atoms with Gasteiger partial charge in [0.05, 0.1) is 6.04 Å². The molecule has 1 N–H and O–H groups in total. The Balaban J connectivity index is 2.52. The van der Waals surface area contributed by atoms with E-state index in [0.717, 1.165) is 0 Å². The van der Waals surface area contributed by atoms with Crippen LogP contribution in [-0.2, 0) is 11.3 Å². The molecule has 0 aliphatic rings. The molecule has 16 heavy (non-hydrogen) atoms. The maximum atomic E-state index is 13.3. The van der Waals surface area contributed by atoms with Gasteiger partial charge >= 0.3 is 0 Å². The Hall–Kier alpha value is -1.42. The topological polar surface area (TPSA) is 32.3 Å². The summed E-state index contributed by atoms with van der Waals surface area (Å²) in [5.41, 5.74) is 0.570. The number of halogens is 1. The molecule has 1 aromatic rings. The molecular formula is C12H17FN2O. The van der Waals surface area contributed by atoms with Crippen LogP contribution in [0.2, 0.25) is 0 Å². The monoisotopic (exact) mass is 224 g/mol. The lowest BCUT2D eigenvalue weighted by Gasteiger charge is -2.18. The van der Waals surface area contributed by atoms with E-state index in [4.69, 9.17) is 0 Å². The minimum absolute atomic E-state index is 0.0173. The molecule has 0 aliphatic carbocycles. The molecular weight excluding hydrogens is 207 g/mol. The Bertz CT molecular complexity index is 366. The zero-order valence-corrected chi connectivity index (χ0v) is 9.83. The number of rotatable bonds is 4. The largest absolute Gasteiger partial charge is 0.347 e. The molecule has 1 rings (SSSR count). The number of carbonyl (C=O) groups is 1. The van der Waals surface area contributed by atoms with Gasteiger partial charge in [-0.25, -0.2) is 4.39 Å². The molecule has 0 aromatic heterocycles. The zero-order chi connectivity index (χ0) is 12.1. The average Bonchev–Trinajstić information content (AvgIpc) is 2.26. The maximum Gasteiger partial charge on any atom is 0.238 e. The minimum atomic E-state index is -0.311. The van der Waals surface area contributed by atoms with E-state index in [-0.39, 0.29) is 17.8 Å². The smallest absolute Gasteiger partial charge is 0.238 e. The average molecular weight is 224 g/mol. The number of hydrogen-bond donors (Lipinski definition) is 1. The van der Waals surface area contributed by atoms with Crippen molar-refractivity contribution in [3.8, 4) is 0 Å². The Morgan fingerprint density at radius 3 is 2.62 bits per heavy atom. The van der Waals surface area contributed by atoms with E-state index in [2.05, 4.69) is 5.32 Å². The number of carbonyl (C=O) groups excluding carboxylic acids is 1. The van der Waals surface area contributed by atoms with Gasteiger partial charge in [-0.1, -0.05) is 18.2 Å². The highest BCUT2D eigenvalue weighted by molar-refractivity contribution is 5.80. The van der Waals surface area contributed by atoms with Crippen molar-refractivity contribution in [1.29, 1.82) is 0 Å². The van der Waals surface area contributed by atoms with Crippen LogP contribution in [0, 0.1) is 5.82 Å². The summed E-state index contributed by atoms with van der Waals surface area (Å²) in [5.74, 6) is -0.268. The standard InChI is InChI=1S/C12H17FN2O/c1-9(12(16)15(2)3)14-8-10-6-4-5-7-11(10)13/h4-7,9,14H,8H2,1-3H3. The normalized spacial score (nSPS) is 12.2. The van der Waals surface area contributed by atoms with Gasteiger partial charge in [0.25, 0.3) is 0 Å². The maximum absolute atomic E-state index is 13.3. The van der Waals surface area contributed by atoms with Gasteiger partial charge in [0, 0.05) is 26.2 Å². The third-order valence-corrected chi connectivity index (χ3v) is 2.37. The second-order valence-electron chi connectivity index (χ2n) is 3.93. The minimum Gasteiger partial charge on any atom is -0.347 e. The van der Waals surface area contributed by atoms with E-state index in [1.165, 1.54) is 11.0 Å². The van der Waals surface area contributed by atoms with Crippen LogP contribution in [-0.4, -0.2) is 30.9 Å². The van der Waals surface area contributed by atoms with E-state index in [9.17, 15) is 9.18 Å². The predicted molar refractivity (Wildman–Crippen MR) is 61.4 cm³/mol. The fourth-order valence-electron chi connectivity index (χ4n) is 1.38. The van der Waals surface area contributed by atoms with E-state index >= 15 is 0 Å². The number of likely N-dealkylation sites (N-methyl/N-ethyl adjacent to an activating group) is 1. The van der Waals surface area contributed by atoms with E-state index in [0.29, 0.717) is 12.1 Å². The molecule has 4 heteroatoms. The van der Waals surface area contributed by atoms with Crippen LogP contribution in [0.4, 0.5) is 4.39 Å². The summed E-state index contributed by atoms with van der Waals surface area (Å²) in [4.78, 5) is 13.0. The molecule has 0 aliphatic heterocycles. The first-order valence-electron chi connectivity index (χ1n) is 5.20. The zero-order valence-electron chi connectivity index (χ0n) is 9.83. The molecule has 0 bridgehead atoms. The van der Waals surface area contributed by atoms with E-state index in [1.54, 1.807) is 39.2 Å². The van der Waals surface area contributed by atoms with Crippen molar-refractivity contribution < 1.29 is 9.18 Å². The molecule has 1 atom stereocenters. The van der Waals surface area contributed by atoms with Gasteiger partial charge in [-0.2, -0.15) is 0 Å². The summed E-state index contributed by atoms with van der Waals surface area (Å²) >= 11 is 0. The van der Waals surface area contributed by atoms with Crippen molar-refractivity contribution in [3.63, 3.8) is 0 Å². The first kappa shape index (κ1) is 12.6. The van der Waals surface area contributed by atoms with Gasteiger partial charge in [-0.3, -0.25) is 4.79 Å². The second-order valence-corrected chi connectivity index (χ2v) is 3.93. The molecule has 0 radical (unpaired) electrons. The van der Waals surface area contributed by atoms with E-state index < -0.39 is 0 Å². The predicted octanol–water partition coefficient (Wildman–Crippen LogP) is 1.39. The van der Waals surface area contributed by atoms with Crippen molar-refractivity contribution >= 4 is 5.91 Å². The Morgan fingerprint density at radius 2 is 2.06 bits per heavy atom. The van der Waals surface area contributed by atoms with Gasteiger partial charge in [-0.05, 0) is 13.0 Å². The lowest BCUT2D eigenvalue weighted by atomic mass is 10.2. The summed E-state index contributed by atoms with van der Waals surface area (Å²) < 4.78 is 13.3. The fraction of sp³-hybridized carbons (Fsp3) is 0.417. The number of amides is 1. The number of benzene rings is 1. The van der Waals surface area contributed by atoms with Gasteiger partial charge in [0.15, 0.2) is 0 Å². The molecule has 0 saturated carbocycles. The van der Waals surface area contributed by atoms with Crippen LogP contribution in [0.25, 0.3) is 0 Å². The number of nitrogens with one attached hydrogen (secondary N) is 1. The van der Waals surface area contributed by atoms with Gasteiger partial charge in [0.2, 0.25) is 5.91 Å². The molecule has 1 aromatic carbocycles. The first-order valence-corrected chi connectivity index (χ1v) is 5.20. The highest BCUT2D eigenvalue weighted by atomic mass is 19.1. The van der Waals surface area contributed by atoms with Crippen molar-refractivity contribution in [2.75, 3.05) is 14.1 Å². The molecule has 0 heterocycles. The second kappa shape index (κ2) is 5.61. The van der Waals surface area contributed by atoms with Gasteiger partial charge in [-0.15, -0.1) is 0 Å². The lowest BCUT2D eigenvalue weighted by Crippen LogP contribution is -2.41. The summed E-state index contributed by atoms with van der Waals surface area (Å²) in [7, 11) is 3.40. The SMILES string of the molecule is CC(NCc1ccccc1F)C(=O)N(C)C. The Labute approximate surface area is 95.3 Å². The van der Waals surface area contributed by atoms with Crippen molar-refractivity contribution in [3.05, 3.63) is 35.6 Å². The van der Waals surface area contributed by atoms with Gasteiger partial charge in [0.1, 0.15) is 5.82 Å². The molecule has 3 nitrogen and oxygen atoms in total. The highest BCUT2D eigenvalue weighted by Crippen LogP contribution is 2.06. The molecule has 0 spiro atoms. The van der Waals surface area contributed by atoms with E-state index in [1.807, 2.05) is 0 Å². The van der Waals surface area contributed by atoms with Crippen LogP contribution >= 0.6 is 0 Å². The fourth-order valence-corrected chi connectivity index (χ4v) is 1.38. The molecule has 0 fully saturated rings.